The Kier molecular flexibility index (Phi) is 1.17. The predicted octanol–water partition coefficient (Wildman–Crippen LogP) is 1.34. The van der Waals surface area contributed by atoms with Crippen LogP contribution in [0.1, 0.15) is 5.56 Å². The van der Waals surface area contributed by atoms with E-state index in [0.29, 0.717) is 0 Å². The molecule has 0 aromatic carbocycles. The minimum absolute atomic E-state index is 0.790. The molecule has 0 spiro atoms. The van der Waals surface area contributed by atoms with Gasteiger partial charge in [0.1, 0.15) is 0 Å². The first kappa shape index (κ1) is 5.47. The fraction of sp³-hybridized carbons (Fsp3) is 0.125. The zero-order valence-electron chi connectivity index (χ0n) is 5.49. The second kappa shape index (κ2) is 2.14. The summed E-state index contributed by atoms with van der Waals surface area (Å²) >= 11 is 0. The molecule has 1 aromatic rings. The Morgan fingerprint density at radius 1 is 1.40 bits per heavy atom. The maximum absolute atomic E-state index is 4.24. The summed E-state index contributed by atoms with van der Waals surface area (Å²) in [4.78, 5) is 3.97. The van der Waals surface area contributed by atoms with Gasteiger partial charge in [0, 0.05) is 11.8 Å². The summed E-state index contributed by atoms with van der Waals surface area (Å²) in [5.74, 6) is 0. The van der Waals surface area contributed by atoms with Crippen LogP contribution in [0.3, 0.4) is 0 Å². The molecule has 0 saturated heterocycles. The summed E-state index contributed by atoms with van der Waals surface area (Å²) in [5, 5.41) is 4.24. The first-order chi connectivity index (χ1) is 4.97. The highest BCUT2D eigenvalue weighted by molar-refractivity contribution is 5.64. The van der Waals surface area contributed by atoms with Crippen molar-refractivity contribution in [2.45, 2.75) is 0 Å². The van der Waals surface area contributed by atoms with Crippen LogP contribution in [0.4, 0.5) is 5.69 Å². The van der Waals surface area contributed by atoms with E-state index in [0.717, 1.165) is 12.2 Å². The topological polar surface area (TPSA) is 27.0 Å². The fourth-order valence-electron chi connectivity index (χ4n) is 1.00. The van der Waals surface area contributed by atoms with E-state index in [1.54, 1.807) is 12.4 Å². The largest absolute Gasteiger partial charge is 0.279 e. The van der Waals surface area contributed by atoms with Crippen molar-refractivity contribution >= 4 is 11.8 Å². The SMILES string of the molecule is C1=Cc2ccncc2[N]C1. The van der Waals surface area contributed by atoms with Gasteiger partial charge in [-0.25, -0.2) is 0 Å². The molecule has 0 fully saturated rings. The Bertz CT molecular complexity index is 266. The predicted molar refractivity (Wildman–Crippen MR) is 39.9 cm³/mol. The summed E-state index contributed by atoms with van der Waals surface area (Å²) in [7, 11) is 0. The smallest absolute Gasteiger partial charge is 0.0833 e. The number of nitrogens with zero attached hydrogens (tertiary/aromatic N) is 2. The Hall–Kier alpha value is -1.31. The van der Waals surface area contributed by atoms with E-state index in [4.69, 9.17) is 0 Å². The van der Waals surface area contributed by atoms with Gasteiger partial charge in [-0.2, -0.15) is 0 Å². The van der Waals surface area contributed by atoms with E-state index in [-0.39, 0.29) is 0 Å². The van der Waals surface area contributed by atoms with Crippen LogP contribution in [0.2, 0.25) is 0 Å². The van der Waals surface area contributed by atoms with Crippen molar-refractivity contribution in [2.24, 2.45) is 0 Å². The van der Waals surface area contributed by atoms with Crippen molar-refractivity contribution in [2.75, 3.05) is 6.54 Å². The minimum Gasteiger partial charge on any atom is -0.279 e. The maximum atomic E-state index is 4.24. The van der Waals surface area contributed by atoms with E-state index in [1.165, 1.54) is 5.56 Å². The number of pyridine rings is 1. The third-order valence-corrected chi connectivity index (χ3v) is 1.50. The van der Waals surface area contributed by atoms with Gasteiger partial charge in [-0.1, -0.05) is 12.2 Å². The van der Waals surface area contributed by atoms with Gasteiger partial charge in [0.25, 0.3) is 0 Å². The minimum atomic E-state index is 0.790. The molecule has 2 heteroatoms. The zero-order chi connectivity index (χ0) is 6.81. The van der Waals surface area contributed by atoms with Crippen molar-refractivity contribution in [1.29, 1.82) is 0 Å². The van der Waals surface area contributed by atoms with Crippen LogP contribution in [0, 0.1) is 0 Å². The lowest BCUT2D eigenvalue weighted by molar-refractivity contribution is 0.955. The molecule has 2 heterocycles. The lowest BCUT2D eigenvalue weighted by Crippen LogP contribution is -2.02. The quantitative estimate of drug-likeness (QED) is 0.522. The maximum Gasteiger partial charge on any atom is 0.0833 e. The van der Waals surface area contributed by atoms with Crippen LogP contribution < -0.4 is 5.32 Å². The summed E-state index contributed by atoms with van der Waals surface area (Å²) in [5.41, 5.74) is 2.17. The van der Waals surface area contributed by atoms with Crippen LogP contribution in [-0.4, -0.2) is 11.5 Å². The van der Waals surface area contributed by atoms with Gasteiger partial charge >= 0.3 is 0 Å². The molecule has 0 saturated carbocycles. The monoisotopic (exact) mass is 131 g/mol. The molecule has 2 rings (SSSR count). The highest BCUT2D eigenvalue weighted by Gasteiger charge is 2.01. The third-order valence-electron chi connectivity index (χ3n) is 1.50. The lowest BCUT2D eigenvalue weighted by Gasteiger charge is -2.07. The van der Waals surface area contributed by atoms with E-state index in [2.05, 4.69) is 16.4 Å². The number of rotatable bonds is 0. The number of hydrogen-bond donors (Lipinski definition) is 0. The Labute approximate surface area is 59.6 Å². The summed E-state index contributed by atoms with van der Waals surface area (Å²) in [6.07, 6.45) is 7.69. The van der Waals surface area contributed by atoms with Crippen molar-refractivity contribution in [1.82, 2.24) is 10.3 Å². The van der Waals surface area contributed by atoms with Crippen LogP contribution in [0.15, 0.2) is 24.5 Å². The molecule has 10 heavy (non-hydrogen) atoms. The molecule has 49 valence electrons. The van der Waals surface area contributed by atoms with Crippen LogP contribution in [-0.2, 0) is 0 Å². The van der Waals surface area contributed by atoms with Gasteiger partial charge in [0.05, 0.1) is 18.4 Å². The van der Waals surface area contributed by atoms with Crippen LogP contribution in [0.5, 0.6) is 0 Å². The van der Waals surface area contributed by atoms with Gasteiger partial charge in [0.15, 0.2) is 0 Å². The molecule has 1 aromatic heterocycles. The average molecular weight is 131 g/mol. The van der Waals surface area contributed by atoms with E-state index < -0.39 is 0 Å². The van der Waals surface area contributed by atoms with Gasteiger partial charge < -0.3 is 0 Å². The molecular weight excluding hydrogens is 124 g/mol. The second-order valence-corrected chi connectivity index (χ2v) is 2.18. The molecule has 0 N–H and O–H groups in total. The summed E-state index contributed by atoms with van der Waals surface area (Å²) in [6.45, 7) is 0.790. The molecule has 0 bridgehead atoms. The van der Waals surface area contributed by atoms with Crippen molar-refractivity contribution in [3.63, 3.8) is 0 Å². The normalized spacial score (nSPS) is 14.0. The Morgan fingerprint density at radius 3 is 3.30 bits per heavy atom. The first-order valence-electron chi connectivity index (χ1n) is 3.25. The molecular formula is C8H7N2. The average Bonchev–Trinajstić information content (AvgIpc) is 2.05. The number of aromatic nitrogens is 1. The van der Waals surface area contributed by atoms with Crippen LogP contribution >= 0.6 is 0 Å². The zero-order valence-corrected chi connectivity index (χ0v) is 5.49. The van der Waals surface area contributed by atoms with E-state index in [9.17, 15) is 0 Å². The number of hydrogen-bond acceptors (Lipinski definition) is 1. The highest BCUT2D eigenvalue weighted by atomic mass is 14.9. The third kappa shape index (κ3) is 0.778. The lowest BCUT2D eigenvalue weighted by atomic mass is 10.2. The van der Waals surface area contributed by atoms with Crippen molar-refractivity contribution in [3.8, 4) is 0 Å². The fourth-order valence-corrected chi connectivity index (χ4v) is 1.00. The molecule has 0 aliphatic carbocycles. The number of fused-ring (bicyclic) bond motifs is 1. The molecule has 1 aliphatic heterocycles. The highest BCUT2D eigenvalue weighted by Crippen LogP contribution is 2.17. The van der Waals surface area contributed by atoms with Crippen molar-refractivity contribution < 1.29 is 0 Å². The Balaban J connectivity index is 2.54. The van der Waals surface area contributed by atoms with Crippen LogP contribution in [0.25, 0.3) is 6.08 Å². The van der Waals surface area contributed by atoms with Gasteiger partial charge in [-0.05, 0) is 6.07 Å². The van der Waals surface area contributed by atoms with Gasteiger partial charge in [-0.3, -0.25) is 10.3 Å². The molecule has 1 radical (unpaired) electrons. The molecule has 2 nitrogen and oxygen atoms in total. The van der Waals surface area contributed by atoms with E-state index in [1.807, 2.05) is 12.1 Å². The second-order valence-electron chi connectivity index (χ2n) is 2.18. The Morgan fingerprint density at radius 2 is 2.40 bits per heavy atom. The molecule has 0 unspecified atom stereocenters. The van der Waals surface area contributed by atoms with Gasteiger partial charge in [0.2, 0.25) is 0 Å². The van der Waals surface area contributed by atoms with Crippen molar-refractivity contribution in [3.05, 3.63) is 30.1 Å². The molecule has 0 amide bonds. The first-order valence-corrected chi connectivity index (χ1v) is 3.25. The summed E-state index contributed by atoms with van der Waals surface area (Å²) < 4.78 is 0. The standard InChI is InChI=1S/C8H7N2/c1-2-7-3-5-9-6-8(7)10-4-1/h1-3,5-6H,4H2. The molecule has 1 aliphatic rings. The van der Waals surface area contributed by atoms with Gasteiger partial charge in [-0.15, -0.1) is 0 Å². The summed E-state index contributed by atoms with van der Waals surface area (Å²) in [6, 6.07) is 1.97. The van der Waals surface area contributed by atoms with E-state index >= 15 is 0 Å². The molecule has 0 atom stereocenters.